The number of hydrogen-bond acceptors (Lipinski definition) is 4. The predicted octanol–water partition coefficient (Wildman–Crippen LogP) is 1.63. The Kier molecular flexibility index (Phi) is 3.36. The molecule has 1 unspecified atom stereocenters. The van der Waals surface area contributed by atoms with Crippen molar-refractivity contribution in [3.05, 3.63) is 34.4 Å². The lowest BCUT2D eigenvalue weighted by atomic mass is 10.2. The first-order valence-corrected chi connectivity index (χ1v) is 7.10. The summed E-state index contributed by atoms with van der Waals surface area (Å²) in [5.74, 6) is 0.359. The molecule has 1 atom stereocenters. The quantitative estimate of drug-likeness (QED) is 0.617. The molecule has 2 rings (SSSR count). The molecule has 0 N–H and O–H groups in total. The van der Waals surface area contributed by atoms with Crippen LogP contribution in [0, 0.1) is 16.0 Å². The Hall–Kier alpha value is -1.47. The van der Waals surface area contributed by atoms with Gasteiger partial charge in [-0.05, 0) is 24.5 Å². The average molecular weight is 270 g/mol. The first-order valence-electron chi connectivity index (χ1n) is 5.66. The van der Waals surface area contributed by atoms with E-state index < -0.39 is 14.9 Å². The molecule has 1 fully saturated rings. The normalized spacial score (nSPS) is 21.1. The Morgan fingerprint density at radius 3 is 2.39 bits per heavy atom. The van der Waals surface area contributed by atoms with Crippen LogP contribution in [-0.2, 0) is 10.0 Å². The number of hydrogen-bond donors (Lipinski definition) is 0. The maximum Gasteiger partial charge on any atom is 0.269 e. The van der Waals surface area contributed by atoms with Crippen LogP contribution >= 0.6 is 0 Å². The largest absolute Gasteiger partial charge is 0.269 e. The monoisotopic (exact) mass is 270 g/mol. The van der Waals surface area contributed by atoms with Crippen LogP contribution in [0.15, 0.2) is 29.2 Å². The lowest BCUT2D eigenvalue weighted by Crippen LogP contribution is -2.28. The molecule has 1 aromatic rings. The summed E-state index contributed by atoms with van der Waals surface area (Å²) in [4.78, 5) is 10.1. The SMILES string of the molecule is CC1CCN(S(=O)(=O)c2ccc([N+](=O)[O-])cc2)C1. The fourth-order valence-electron chi connectivity index (χ4n) is 2.00. The summed E-state index contributed by atoms with van der Waals surface area (Å²) in [5, 5.41) is 10.5. The molecule has 1 saturated heterocycles. The lowest BCUT2D eigenvalue weighted by Gasteiger charge is -2.15. The molecule has 18 heavy (non-hydrogen) atoms. The van der Waals surface area contributed by atoms with E-state index in [1.165, 1.54) is 28.6 Å². The minimum absolute atomic E-state index is 0.108. The number of benzene rings is 1. The van der Waals surface area contributed by atoms with E-state index in [-0.39, 0.29) is 10.6 Å². The first kappa shape index (κ1) is 13.0. The van der Waals surface area contributed by atoms with Gasteiger partial charge < -0.3 is 0 Å². The van der Waals surface area contributed by atoms with Crippen LogP contribution in [-0.4, -0.2) is 30.7 Å². The summed E-state index contributed by atoms with van der Waals surface area (Å²) in [7, 11) is -3.50. The van der Waals surface area contributed by atoms with Crippen LogP contribution in [0.25, 0.3) is 0 Å². The summed E-state index contributed by atoms with van der Waals surface area (Å²) in [5.41, 5.74) is -0.108. The highest BCUT2D eigenvalue weighted by atomic mass is 32.2. The Balaban J connectivity index is 2.27. The van der Waals surface area contributed by atoms with Crippen molar-refractivity contribution in [3.8, 4) is 0 Å². The molecule has 0 amide bonds. The van der Waals surface area contributed by atoms with Crippen molar-refractivity contribution in [2.24, 2.45) is 5.92 Å². The fraction of sp³-hybridized carbons (Fsp3) is 0.455. The van der Waals surface area contributed by atoms with E-state index in [0.29, 0.717) is 19.0 Å². The van der Waals surface area contributed by atoms with Gasteiger partial charge in [-0.3, -0.25) is 10.1 Å². The lowest BCUT2D eigenvalue weighted by molar-refractivity contribution is -0.384. The average Bonchev–Trinajstić information content (AvgIpc) is 2.76. The molecule has 7 heteroatoms. The van der Waals surface area contributed by atoms with Crippen molar-refractivity contribution in [1.29, 1.82) is 0 Å². The minimum Gasteiger partial charge on any atom is -0.258 e. The third-order valence-corrected chi connectivity index (χ3v) is 4.95. The van der Waals surface area contributed by atoms with Crippen LogP contribution in [0.5, 0.6) is 0 Å². The highest BCUT2D eigenvalue weighted by molar-refractivity contribution is 7.89. The third kappa shape index (κ3) is 2.37. The molecule has 0 spiro atoms. The Morgan fingerprint density at radius 1 is 1.33 bits per heavy atom. The van der Waals surface area contributed by atoms with Gasteiger partial charge in [0.05, 0.1) is 9.82 Å². The minimum atomic E-state index is -3.50. The smallest absolute Gasteiger partial charge is 0.258 e. The van der Waals surface area contributed by atoms with Gasteiger partial charge in [0.1, 0.15) is 0 Å². The van der Waals surface area contributed by atoms with E-state index in [4.69, 9.17) is 0 Å². The van der Waals surface area contributed by atoms with Crippen LogP contribution < -0.4 is 0 Å². The maximum absolute atomic E-state index is 12.2. The van der Waals surface area contributed by atoms with Gasteiger partial charge in [-0.15, -0.1) is 0 Å². The molecular formula is C11H14N2O4S. The molecule has 0 aromatic heterocycles. The molecule has 0 radical (unpaired) electrons. The number of sulfonamides is 1. The predicted molar refractivity (Wildman–Crippen MR) is 65.6 cm³/mol. The molecule has 98 valence electrons. The van der Waals surface area contributed by atoms with Crippen molar-refractivity contribution < 1.29 is 13.3 Å². The van der Waals surface area contributed by atoms with E-state index in [0.717, 1.165) is 6.42 Å². The van der Waals surface area contributed by atoms with E-state index in [9.17, 15) is 18.5 Å². The second kappa shape index (κ2) is 4.66. The van der Waals surface area contributed by atoms with Crippen molar-refractivity contribution >= 4 is 15.7 Å². The fourth-order valence-corrected chi connectivity index (χ4v) is 3.58. The standard InChI is InChI=1S/C11H14N2O4S/c1-9-6-7-12(8-9)18(16,17)11-4-2-10(3-5-11)13(14)15/h2-5,9H,6-8H2,1H3. The van der Waals surface area contributed by atoms with Gasteiger partial charge in [-0.2, -0.15) is 4.31 Å². The van der Waals surface area contributed by atoms with Gasteiger partial charge in [0.25, 0.3) is 5.69 Å². The number of nitro benzene ring substituents is 1. The molecule has 1 aliphatic rings. The van der Waals surface area contributed by atoms with Gasteiger partial charge >= 0.3 is 0 Å². The zero-order valence-electron chi connectivity index (χ0n) is 9.94. The van der Waals surface area contributed by atoms with Crippen molar-refractivity contribution in [2.45, 2.75) is 18.2 Å². The second-order valence-corrected chi connectivity index (χ2v) is 6.45. The topological polar surface area (TPSA) is 80.5 Å². The highest BCUT2D eigenvalue weighted by Crippen LogP contribution is 2.25. The van der Waals surface area contributed by atoms with Gasteiger partial charge in [-0.25, -0.2) is 8.42 Å². The van der Waals surface area contributed by atoms with Gasteiger partial charge in [-0.1, -0.05) is 6.92 Å². The molecule has 0 bridgehead atoms. The number of non-ortho nitro benzene ring substituents is 1. The third-order valence-electron chi connectivity index (χ3n) is 3.07. The van der Waals surface area contributed by atoms with Crippen LogP contribution in [0.3, 0.4) is 0 Å². The summed E-state index contributed by atoms with van der Waals surface area (Å²) >= 11 is 0. The molecular weight excluding hydrogens is 256 g/mol. The second-order valence-electron chi connectivity index (χ2n) is 4.51. The number of nitro groups is 1. The van der Waals surface area contributed by atoms with Gasteiger partial charge in [0.15, 0.2) is 0 Å². The first-order chi connectivity index (χ1) is 8.41. The molecule has 0 aliphatic carbocycles. The molecule has 6 nitrogen and oxygen atoms in total. The molecule has 1 aromatic carbocycles. The van der Waals surface area contributed by atoms with Crippen molar-refractivity contribution in [2.75, 3.05) is 13.1 Å². The van der Waals surface area contributed by atoms with Crippen molar-refractivity contribution in [1.82, 2.24) is 4.31 Å². The van der Waals surface area contributed by atoms with Crippen LogP contribution in [0.4, 0.5) is 5.69 Å². The highest BCUT2D eigenvalue weighted by Gasteiger charge is 2.30. The van der Waals surface area contributed by atoms with E-state index in [1.807, 2.05) is 6.92 Å². The Morgan fingerprint density at radius 2 is 1.94 bits per heavy atom. The Labute approximate surface area is 105 Å². The van der Waals surface area contributed by atoms with Crippen LogP contribution in [0.1, 0.15) is 13.3 Å². The van der Waals surface area contributed by atoms with E-state index in [1.54, 1.807) is 0 Å². The number of rotatable bonds is 3. The van der Waals surface area contributed by atoms with Gasteiger partial charge in [0.2, 0.25) is 10.0 Å². The number of nitrogens with zero attached hydrogens (tertiary/aromatic N) is 2. The summed E-state index contributed by atoms with van der Waals surface area (Å²) < 4.78 is 25.9. The zero-order chi connectivity index (χ0) is 13.3. The molecule has 1 aliphatic heterocycles. The maximum atomic E-state index is 12.2. The Bertz CT molecular complexity index is 553. The van der Waals surface area contributed by atoms with Crippen LogP contribution in [0.2, 0.25) is 0 Å². The van der Waals surface area contributed by atoms with Crippen molar-refractivity contribution in [3.63, 3.8) is 0 Å². The van der Waals surface area contributed by atoms with E-state index in [2.05, 4.69) is 0 Å². The molecule has 1 heterocycles. The zero-order valence-corrected chi connectivity index (χ0v) is 10.8. The van der Waals surface area contributed by atoms with E-state index >= 15 is 0 Å². The summed E-state index contributed by atoms with van der Waals surface area (Å²) in [6.07, 6.45) is 0.853. The molecule has 0 saturated carbocycles. The summed E-state index contributed by atoms with van der Waals surface area (Å²) in [6.45, 7) is 3.03. The summed E-state index contributed by atoms with van der Waals surface area (Å²) in [6, 6.07) is 5.01. The van der Waals surface area contributed by atoms with Gasteiger partial charge in [0, 0.05) is 25.2 Å².